The Morgan fingerprint density at radius 2 is 0.659 bits per heavy atom. The maximum atomic E-state index is 13.0. The molecule has 0 radical (unpaired) electrons. The molecule has 0 spiro atoms. The average molecular weight is 1120 g/mol. The normalized spacial score (nSPS) is 12.1. The average Bonchev–Trinajstić information content (AvgIpc) is 1.47. The van der Waals surface area contributed by atoms with E-state index in [9.17, 15) is 11.8 Å². The molecule has 0 N–H and O–H groups in total. The third-order valence-corrected chi connectivity index (χ3v) is 18.4. The highest BCUT2D eigenvalue weighted by Gasteiger charge is 2.36. The molecule has 0 saturated carbocycles. The molecule has 0 aliphatic rings. The molecule has 0 unspecified atom stereocenters. The van der Waals surface area contributed by atoms with Gasteiger partial charge < -0.3 is 27.1 Å². The second-order valence-corrected chi connectivity index (χ2v) is 22.8. The Hall–Kier alpha value is -12.4. The number of fused-ring (bicyclic) bond motifs is 20. The van der Waals surface area contributed by atoms with E-state index in [1.165, 1.54) is 0 Å². The summed E-state index contributed by atoms with van der Waals surface area (Å²) < 4.78 is 23.5. The molecule has 406 valence electrons. The van der Waals surface area contributed by atoms with Gasteiger partial charge in [-0.3, -0.25) is 0 Å². The van der Waals surface area contributed by atoms with E-state index >= 15 is 0 Å². The summed E-state index contributed by atoms with van der Waals surface area (Å²) in [5.41, 5.74) is 16.8. The predicted molar refractivity (Wildman–Crippen MR) is 360 cm³/mol. The minimum absolute atomic E-state index is 0.280. The van der Waals surface area contributed by atoms with Gasteiger partial charge in [-0.2, -0.15) is 5.26 Å². The monoisotopic (exact) mass is 1120 g/mol. The van der Waals surface area contributed by atoms with E-state index in [4.69, 9.17) is 13.7 Å². The molecule has 0 atom stereocenters. The largest absolute Gasteiger partial charge is 0.454 e. The summed E-state index contributed by atoms with van der Waals surface area (Å²) in [7, 11) is 0. The van der Waals surface area contributed by atoms with Gasteiger partial charge in [0, 0.05) is 64.6 Å². The van der Waals surface area contributed by atoms with Gasteiger partial charge in [0.05, 0.1) is 79.0 Å². The van der Waals surface area contributed by atoms with E-state index in [1.807, 2.05) is 42.5 Å². The zero-order valence-electron chi connectivity index (χ0n) is 46.9. The van der Waals surface area contributed by atoms with Crippen molar-refractivity contribution in [2.75, 3.05) is 0 Å². The second-order valence-electron chi connectivity index (χ2n) is 22.8. The maximum Gasteiger partial charge on any atom is 0.237 e. The van der Waals surface area contributed by atoms with E-state index in [2.05, 4.69) is 249 Å². The van der Waals surface area contributed by atoms with Gasteiger partial charge in [0.1, 0.15) is 17.2 Å². The first-order valence-electron chi connectivity index (χ1n) is 29.5. The summed E-state index contributed by atoms with van der Waals surface area (Å²) in [6.45, 7) is 10.1. The van der Waals surface area contributed by atoms with Crippen LogP contribution in [0.2, 0.25) is 0 Å². The van der Waals surface area contributed by atoms with Crippen molar-refractivity contribution in [1.82, 2.24) is 18.3 Å². The summed E-state index contributed by atoms with van der Waals surface area (Å²) in [6, 6.07) is 96.2. The van der Waals surface area contributed by atoms with Gasteiger partial charge in [0.25, 0.3) is 0 Å². The van der Waals surface area contributed by atoms with E-state index < -0.39 is 0 Å². The molecule has 0 aliphatic carbocycles. The lowest BCUT2D eigenvalue weighted by molar-refractivity contribution is 0.671. The molecule has 19 rings (SSSR count). The van der Waals surface area contributed by atoms with Gasteiger partial charge in [-0.05, 0) is 95.1 Å². The summed E-state index contributed by atoms with van der Waals surface area (Å²) in [5.74, 6) is 0. The third-order valence-electron chi connectivity index (χ3n) is 18.4. The second kappa shape index (κ2) is 18.1. The van der Waals surface area contributed by atoms with Crippen LogP contribution in [-0.2, 0) is 0 Å². The van der Waals surface area contributed by atoms with Crippen LogP contribution in [0, 0.1) is 17.9 Å². The van der Waals surface area contributed by atoms with Gasteiger partial charge in [-0.15, -0.1) is 0 Å². The Bertz CT molecular complexity index is 6100. The van der Waals surface area contributed by atoms with Crippen molar-refractivity contribution in [3.63, 3.8) is 0 Å². The molecule has 0 amide bonds. The van der Waals surface area contributed by atoms with Gasteiger partial charge in [-0.25, -0.2) is 4.85 Å². The summed E-state index contributed by atoms with van der Waals surface area (Å²) in [6.07, 6.45) is 0. The van der Waals surface area contributed by atoms with Crippen LogP contribution in [0.5, 0.6) is 0 Å². The van der Waals surface area contributed by atoms with E-state index in [0.717, 1.165) is 142 Å². The van der Waals surface area contributed by atoms with Gasteiger partial charge in [-0.1, -0.05) is 194 Å². The highest BCUT2D eigenvalue weighted by molar-refractivity contribution is 6.25. The Kier molecular flexibility index (Phi) is 9.87. The lowest BCUT2D eigenvalue weighted by Crippen LogP contribution is -2.14. The van der Waals surface area contributed by atoms with Gasteiger partial charge in [0.2, 0.25) is 5.69 Å². The SMILES string of the molecule is [C-]#[N+]c1c(-n2c3ccccc3c3cc(-c4ccccc4)ccc32)c(C#N)c(-n2c3ccccc3c3ccc4c5ccccc5oc4c32)c(-n2c3ccccc3c3cc(-c4ccccc4)ccc32)c1-n1c2ccccc2c2ccc3c4ccccc4oc3c21. The quantitative estimate of drug-likeness (QED) is 0.156. The number of benzene rings is 13. The summed E-state index contributed by atoms with van der Waals surface area (Å²) >= 11 is 0. The smallest absolute Gasteiger partial charge is 0.237 e. The fourth-order valence-corrected chi connectivity index (χ4v) is 14.7. The Morgan fingerprint density at radius 1 is 0.295 bits per heavy atom. The van der Waals surface area contributed by atoms with Crippen molar-refractivity contribution in [1.29, 1.82) is 5.26 Å². The van der Waals surface area contributed by atoms with Gasteiger partial charge >= 0.3 is 0 Å². The first-order chi connectivity index (χ1) is 43.6. The van der Waals surface area contributed by atoms with Crippen LogP contribution in [0.15, 0.2) is 276 Å². The number of para-hydroxylation sites is 6. The Morgan fingerprint density at radius 3 is 1.11 bits per heavy atom. The van der Waals surface area contributed by atoms with Crippen molar-refractivity contribution < 1.29 is 8.83 Å². The van der Waals surface area contributed by atoms with Crippen LogP contribution in [0.3, 0.4) is 0 Å². The zero-order valence-corrected chi connectivity index (χ0v) is 46.9. The van der Waals surface area contributed by atoms with Crippen molar-refractivity contribution >= 4 is 137 Å². The zero-order chi connectivity index (χ0) is 57.9. The summed E-state index contributed by atoms with van der Waals surface area (Å²) in [5, 5.41) is 24.7. The van der Waals surface area contributed by atoms with Crippen LogP contribution in [0.25, 0.3) is 181 Å². The molecule has 13 aromatic carbocycles. The Balaban J connectivity index is 1.11. The molecular formula is C80H44N6O2. The number of rotatable bonds is 6. The van der Waals surface area contributed by atoms with E-state index in [0.29, 0.717) is 39.5 Å². The number of furan rings is 2. The lowest BCUT2D eigenvalue weighted by Gasteiger charge is -2.27. The topological polar surface area (TPSA) is 74.2 Å². The number of hydrogen-bond donors (Lipinski definition) is 0. The van der Waals surface area contributed by atoms with Crippen LogP contribution in [0.4, 0.5) is 5.69 Å². The number of hydrogen-bond acceptors (Lipinski definition) is 3. The highest BCUT2D eigenvalue weighted by Crippen LogP contribution is 2.54. The molecular weight excluding hydrogens is 1080 g/mol. The van der Waals surface area contributed by atoms with Crippen molar-refractivity contribution in [2.45, 2.75) is 0 Å². The molecule has 8 heteroatoms. The number of nitriles is 1. The molecule has 0 aliphatic heterocycles. The molecule has 0 saturated heterocycles. The molecule has 6 aromatic heterocycles. The van der Waals surface area contributed by atoms with E-state index in [-0.39, 0.29) is 5.69 Å². The first kappa shape index (κ1) is 48.1. The lowest BCUT2D eigenvalue weighted by atomic mass is 10.0. The highest BCUT2D eigenvalue weighted by atomic mass is 16.3. The molecule has 88 heavy (non-hydrogen) atoms. The number of nitrogens with zero attached hydrogens (tertiary/aromatic N) is 6. The fourth-order valence-electron chi connectivity index (χ4n) is 14.7. The van der Waals surface area contributed by atoms with Crippen molar-refractivity contribution in [2.24, 2.45) is 0 Å². The molecule has 0 bridgehead atoms. The minimum Gasteiger partial charge on any atom is -0.454 e. The predicted octanol–water partition coefficient (Wildman–Crippen LogP) is 21.6. The van der Waals surface area contributed by atoms with Crippen LogP contribution in [0.1, 0.15) is 5.56 Å². The van der Waals surface area contributed by atoms with Crippen molar-refractivity contribution in [3.8, 4) is 51.1 Å². The standard InChI is InChI=1S/C80H44N6O2/c1-82-72-73(83-64-30-14-10-26-53(64)61-44-49(36-42-68(61)83)47-20-4-2-5-21-47)63(46-81)74(85-66-32-16-8-24-51(66)57-38-40-59-55-28-12-18-34-70(55)87-79(59)75(57)85)78(84-65-31-15-11-27-54(65)62-45-50(37-43-69(62)84)48-22-6-3-7-23-48)77(72)86-67-33-17-9-25-52(67)58-39-41-60-56-29-13-19-35-71(56)88-80(60)76(58)86/h2-45H. The molecule has 6 heterocycles. The molecule has 19 aromatic rings. The van der Waals surface area contributed by atoms with Crippen LogP contribution in [-0.4, -0.2) is 18.3 Å². The molecule has 8 nitrogen and oxygen atoms in total. The number of aromatic nitrogens is 4. The maximum absolute atomic E-state index is 13.0. The van der Waals surface area contributed by atoms with E-state index in [1.54, 1.807) is 0 Å². The van der Waals surface area contributed by atoms with Crippen LogP contribution >= 0.6 is 0 Å². The Labute approximate surface area is 501 Å². The molecule has 0 fully saturated rings. The minimum atomic E-state index is 0.280. The fraction of sp³-hybridized carbons (Fsp3) is 0. The van der Waals surface area contributed by atoms with Crippen LogP contribution < -0.4 is 0 Å². The van der Waals surface area contributed by atoms with Gasteiger partial charge in [0.15, 0.2) is 11.2 Å². The first-order valence-corrected chi connectivity index (χ1v) is 29.5. The third kappa shape index (κ3) is 6.44. The summed E-state index contributed by atoms with van der Waals surface area (Å²) in [4.78, 5) is 4.90. The van der Waals surface area contributed by atoms with Crippen molar-refractivity contribution in [3.05, 3.63) is 284 Å².